The van der Waals surface area contributed by atoms with E-state index < -0.39 is 0 Å². The Kier molecular flexibility index (Phi) is 19.7. The van der Waals surface area contributed by atoms with E-state index in [4.69, 9.17) is 4.74 Å². The van der Waals surface area contributed by atoms with Crippen molar-refractivity contribution in [3.05, 3.63) is 6.92 Å². The predicted octanol–water partition coefficient (Wildman–Crippen LogP) is 6.81. The van der Waals surface area contributed by atoms with E-state index in [0.29, 0.717) is 0 Å². The van der Waals surface area contributed by atoms with Crippen molar-refractivity contribution in [2.24, 2.45) is 0 Å². The highest BCUT2D eigenvalue weighted by Gasteiger charge is 1.98. The predicted molar refractivity (Wildman–Crippen MR) is 104 cm³/mol. The van der Waals surface area contributed by atoms with Gasteiger partial charge < -0.3 is 10.1 Å². The normalized spacial score (nSPS) is 10.8. The molecule has 0 unspecified atom stereocenters. The van der Waals surface area contributed by atoms with E-state index in [9.17, 15) is 4.79 Å². The molecule has 3 heteroatoms. The number of hydrogen-bond acceptors (Lipinski definition) is 2. The van der Waals surface area contributed by atoms with Gasteiger partial charge >= 0.3 is 6.09 Å². The zero-order valence-corrected chi connectivity index (χ0v) is 16.3. The Hall–Kier alpha value is -0.730. The summed E-state index contributed by atoms with van der Waals surface area (Å²) >= 11 is 0. The minimum atomic E-state index is -0.342. The molecule has 143 valence electrons. The van der Waals surface area contributed by atoms with Crippen molar-refractivity contribution in [2.75, 3.05) is 13.2 Å². The Labute approximate surface area is 151 Å². The lowest BCUT2D eigenvalue weighted by Gasteiger charge is -2.05. The van der Waals surface area contributed by atoms with Crippen molar-refractivity contribution < 1.29 is 9.53 Å². The lowest BCUT2D eigenvalue weighted by atomic mass is 10.0. The maximum atomic E-state index is 11.0. The number of rotatable bonds is 18. The highest BCUT2D eigenvalue weighted by Crippen LogP contribution is 2.13. The van der Waals surface area contributed by atoms with Crippen LogP contribution >= 0.6 is 0 Å². The summed E-state index contributed by atoms with van der Waals surface area (Å²) in [7, 11) is 0. The van der Waals surface area contributed by atoms with Gasteiger partial charge in [0.1, 0.15) is 0 Å². The van der Waals surface area contributed by atoms with Gasteiger partial charge in [0.2, 0.25) is 0 Å². The number of ether oxygens (including phenoxy) is 1. The van der Waals surface area contributed by atoms with Crippen LogP contribution in [-0.2, 0) is 4.74 Å². The smallest absolute Gasteiger partial charge is 0.407 e. The average Bonchev–Trinajstić information content (AvgIpc) is 2.58. The molecule has 0 rings (SSSR count). The molecule has 0 aromatic carbocycles. The molecule has 0 atom stereocenters. The number of nitrogens with one attached hydrogen (secondary N) is 1. The zero-order valence-electron chi connectivity index (χ0n) is 16.3. The molecule has 3 nitrogen and oxygen atoms in total. The molecule has 0 aromatic heterocycles. The van der Waals surface area contributed by atoms with Crippen LogP contribution in [0.25, 0.3) is 0 Å². The Morgan fingerprint density at radius 3 is 1.46 bits per heavy atom. The van der Waals surface area contributed by atoms with Crippen molar-refractivity contribution >= 4 is 6.09 Å². The summed E-state index contributed by atoms with van der Waals surface area (Å²) in [6.45, 7) is 6.67. The first-order valence-corrected chi connectivity index (χ1v) is 10.5. The fraction of sp³-hybridized carbons (Fsp3) is 0.905. The van der Waals surface area contributed by atoms with Crippen LogP contribution in [0.2, 0.25) is 0 Å². The topological polar surface area (TPSA) is 38.3 Å². The van der Waals surface area contributed by atoms with Gasteiger partial charge in [0.15, 0.2) is 0 Å². The lowest BCUT2D eigenvalue weighted by molar-refractivity contribution is 0.157. The number of carbonyl (C=O) groups is 1. The standard InChI is InChI=1S/C21H42NO2/c1-3-5-6-7-8-9-10-11-12-13-14-15-16-17-18-19-20-22-21(23)24-4-2/h2-20H2,1H3,(H,22,23). The number of amides is 1. The van der Waals surface area contributed by atoms with E-state index in [1.165, 1.54) is 96.3 Å². The molecule has 0 bridgehead atoms. The summed E-state index contributed by atoms with van der Waals surface area (Å²) in [6, 6.07) is 0. The molecule has 0 aliphatic carbocycles. The highest BCUT2D eigenvalue weighted by atomic mass is 16.5. The molecule has 0 saturated carbocycles. The van der Waals surface area contributed by atoms with Gasteiger partial charge in [-0.15, -0.1) is 0 Å². The quantitative estimate of drug-likeness (QED) is 0.278. The molecule has 0 aromatic rings. The Bertz CT molecular complexity index is 256. The van der Waals surface area contributed by atoms with E-state index >= 15 is 0 Å². The van der Waals surface area contributed by atoms with Gasteiger partial charge in [-0.3, -0.25) is 0 Å². The molecular formula is C21H42NO2. The second-order valence-electron chi connectivity index (χ2n) is 6.87. The molecule has 1 amide bonds. The van der Waals surface area contributed by atoms with Crippen LogP contribution in [0.4, 0.5) is 4.79 Å². The molecule has 1 radical (unpaired) electrons. The third-order valence-electron chi connectivity index (χ3n) is 4.53. The zero-order chi connectivity index (χ0) is 17.7. The maximum absolute atomic E-state index is 11.0. The van der Waals surface area contributed by atoms with Gasteiger partial charge in [-0.1, -0.05) is 103 Å². The largest absolute Gasteiger partial charge is 0.450 e. The molecule has 0 aliphatic heterocycles. The van der Waals surface area contributed by atoms with E-state index in [2.05, 4.69) is 19.2 Å². The van der Waals surface area contributed by atoms with Gasteiger partial charge in [-0.2, -0.15) is 0 Å². The van der Waals surface area contributed by atoms with Crippen molar-refractivity contribution in [3.8, 4) is 0 Å². The fourth-order valence-corrected chi connectivity index (χ4v) is 3.01. The fourth-order valence-electron chi connectivity index (χ4n) is 3.01. The Morgan fingerprint density at radius 2 is 1.08 bits per heavy atom. The van der Waals surface area contributed by atoms with Gasteiger partial charge in [0.05, 0.1) is 6.61 Å². The third-order valence-corrected chi connectivity index (χ3v) is 4.53. The van der Waals surface area contributed by atoms with Crippen molar-refractivity contribution in [3.63, 3.8) is 0 Å². The monoisotopic (exact) mass is 340 g/mol. The molecule has 0 saturated heterocycles. The summed E-state index contributed by atoms with van der Waals surface area (Å²) in [5, 5.41) is 2.73. The number of unbranched alkanes of at least 4 members (excludes halogenated alkanes) is 15. The highest BCUT2D eigenvalue weighted by molar-refractivity contribution is 5.66. The van der Waals surface area contributed by atoms with Crippen LogP contribution in [0.5, 0.6) is 0 Å². The first kappa shape index (κ1) is 23.3. The summed E-state index contributed by atoms with van der Waals surface area (Å²) in [5.74, 6) is 0. The van der Waals surface area contributed by atoms with Crippen LogP contribution in [0, 0.1) is 6.92 Å². The van der Waals surface area contributed by atoms with Crippen LogP contribution in [0.15, 0.2) is 0 Å². The minimum Gasteiger partial charge on any atom is -0.450 e. The van der Waals surface area contributed by atoms with E-state index in [1.807, 2.05) is 0 Å². The van der Waals surface area contributed by atoms with Crippen LogP contribution in [-0.4, -0.2) is 19.2 Å². The minimum absolute atomic E-state index is 0.199. The summed E-state index contributed by atoms with van der Waals surface area (Å²) in [5.41, 5.74) is 0. The second kappa shape index (κ2) is 20.3. The van der Waals surface area contributed by atoms with Crippen LogP contribution in [0.3, 0.4) is 0 Å². The maximum Gasteiger partial charge on any atom is 0.407 e. The molecule has 24 heavy (non-hydrogen) atoms. The number of hydrogen-bond donors (Lipinski definition) is 1. The van der Waals surface area contributed by atoms with Crippen LogP contribution < -0.4 is 5.32 Å². The van der Waals surface area contributed by atoms with Gasteiger partial charge in [-0.25, -0.2) is 4.79 Å². The van der Waals surface area contributed by atoms with Gasteiger partial charge in [0.25, 0.3) is 0 Å². The Morgan fingerprint density at radius 1 is 0.708 bits per heavy atom. The summed E-state index contributed by atoms with van der Waals surface area (Å²) in [6.07, 6.45) is 21.5. The second-order valence-corrected chi connectivity index (χ2v) is 6.87. The van der Waals surface area contributed by atoms with Crippen molar-refractivity contribution in [1.82, 2.24) is 5.32 Å². The molecular weight excluding hydrogens is 298 g/mol. The molecule has 0 spiro atoms. The lowest BCUT2D eigenvalue weighted by Crippen LogP contribution is -2.25. The van der Waals surface area contributed by atoms with Crippen molar-refractivity contribution in [2.45, 2.75) is 110 Å². The summed E-state index contributed by atoms with van der Waals surface area (Å²) in [4.78, 5) is 11.0. The first-order chi connectivity index (χ1) is 11.8. The van der Waals surface area contributed by atoms with Crippen LogP contribution in [0.1, 0.15) is 110 Å². The van der Waals surface area contributed by atoms with Gasteiger partial charge in [0, 0.05) is 6.54 Å². The third kappa shape index (κ3) is 19.3. The molecule has 1 N–H and O–H groups in total. The molecule has 0 fully saturated rings. The molecule has 0 heterocycles. The van der Waals surface area contributed by atoms with Gasteiger partial charge in [-0.05, 0) is 13.3 Å². The van der Waals surface area contributed by atoms with E-state index in [-0.39, 0.29) is 12.7 Å². The van der Waals surface area contributed by atoms with E-state index in [0.717, 1.165) is 13.0 Å². The number of alkyl carbamates (subject to hydrolysis) is 1. The van der Waals surface area contributed by atoms with Crippen molar-refractivity contribution in [1.29, 1.82) is 0 Å². The average molecular weight is 341 g/mol. The van der Waals surface area contributed by atoms with E-state index in [1.54, 1.807) is 0 Å². The SMILES string of the molecule is [CH2]COC(=O)NCCCCCCCCCCCCCCCCCC. The molecule has 0 aliphatic rings. The number of carbonyl (C=O) groups excluding carboxylic acids is 1. The first-order valence-electron chi connectivity index (χ1n) is 10.5. The summed E-state index contributed by atoms with van der Waals surface area (Å²) < 4.78 is 4.71. The Balaban J connectivity index is 3.01.